The predicted octanol–water partition coefficient (Wildman–Crippen LogP) is 1.90. The van der Waals surface area contributed by atoms with Crippen LogP contribution in [-0.4, -0.2) is 61.9 Å². The van der Waals surface area contributed by atoms with E-state index in [4.69, 9.17) is 14.2 Å². The van der Waals surface area contributed by atoms with Gasteiger partial charge in [0.2, 0.25) is 0 Å². The Morgan fingerprint density at radius 1 is 1.26 bits per heavy atom. The molecule has 2 rings (SSSR count). The van der Waals surface area contributed by atoms with Gasteiger partial charge in [-0.15, -0.1) is 0 Å². The van der Waals surface area contributed by atoms with Crippen LogP contribution in [0.1, 0.15) is 51.9 Å². The number of hydrogen-bond acceptors (Lipinski definition) is 5. The SMILES string of the molecule is COC(=O)C1(N(C)C(=O)[C@@H](C)OC[C@@H]2CCCCO2)CCCC1. The number of rotatable bonds is 6. The highest BCUT2D eigenvalue weighted by atomic mass is 16.5. The highest BCUT2D eigenvalue weighted by molar-refractivity contribution is 5.90. The van der Waals surface area contributed by atoms with E-state index in [0.717, 1.165) is 38.7 Å². The molecule has 0 aromatic rings. The Labute approximate surface area is 138 Å². The first-order valence-corrected chi connectivity index (χ1v) is 8.60. The van der Waals surface area contributed by atoms with Gasteiger partial charge < -0.3 is 19.1 Å². The van der Waals surface area contributed by atoms with Crippen molar-refractivity contribution in [3.8, 4) is 0 Å². The molecule has 0 spiro atoms. The Kier molecular flexibility index (Phi) is 6.41. The minimum absolute atomic E-state index is 0.0744. The van der Waals surface area contributed by atoms with Crippen molar-refractivity contribution in [1.29, 1.82) is 0 Å². The zero-order valence-electron chi connectivity index (χ0n) is 14.5. The summed E-state index contributed by atoms with van der Waals surface area (Å²) in [4.78, 5) is 26.5. The molecule has 2 fully saturated rings. The molecule has 0 N–H and O–H groups in total. The normalized spacial score (nSPS) is 24.9. The Bertz CT molecular complexity index is 413. The van der Waals surface area contributed by atoms with Crippen LogP contribution in [0.3, 0.4) is 0 Å². The van der Waals surface area contributed by atoms with Crippen molar-refractivity contribution < 1.29 is 23.8 Å². The van der Waals surface area contributed by atoms with Gasteiger partial charge in [-0.05, 0) is 39.0 Å². The topological polar surface area (TPSA) is 65.1 Å². The lowest BCUT2D eigenvalue weighted by molar-refractivity contribution is -0.165. The van der Waals surface area contributed by atoms with Crippen molar-refractivity contribution in [1.82, 2.24) is 4.90 Å². The fourth-order valence-corrected chi connectivity index (χ4v) is 3.57. The molecule has 1 aliphatic heterocycles. The lowest BCUT2D eigenvalue weighted by Crippen LogP contribution is -2.56. The van der Waals surface area contributed by atoms with Gasteiger partial charge in [-0.1, -0.05) is 12.8 Å². The summed E-state index contributed by atoms with van der Waals surface area (Å²) in [5.41, 5.74) is -0.829. The summed E-state index contributed by atoms with van der Waals surface area (Å²) < 4.78 is 16.3. The van der Waals surface area contributed by atoms with Crippen LogP contribution in [-0.2, 0) is 23.8 Å². The van der Waals surface area contributed by atoms with Crippen LogP contribution < -0.4 is 0 Å². The molecular weight excluding hydrogens is 298 g/mol. The molecule has 0 unspecified atom stereocenters. The molecule has 1 amide bonds. The van der Waals surface area contributed by atoms with Gasteiger partial charge in [-0.25, -0.2) is 4.79 Å². The van der Waals surface area contributed by atoms with Crippen LogP contribution in [0, 0.1) is 0 Å². The molecule has 0 aromatic carbocycles. The Balaban J connectivity index is 1.92. The average molecular weight is 327 g/mol. The standard InChI is InChI=1S/C17H29NO5/c1-13(23-12-14-8-4-7-11-22-14)15(19)18(2)17(16(20)21-3)9-5-6-10-17/h13-14H,4-12H2,1-3H3/t13-,14+/m1/s1. The van der Waals surface area contributed by atoms with Crippen LogP contribution in [0.4, 0.5) is 0 Å². The summed E-state index contributed by atoms with van der Waals surface area (Å²) in [7, 11) is 3.06. The second-order valence-corrected chi connectivity index (χ2v) is 6.59. The van der Waals surface area contributed by atoms with Gasteiger partial charge in [-0.2, -0.15) is 0 Å². The van der Waals surface area contributed by atoms with Crippen molar-refractivity contribution in [3.63, 3.8) is 0 Å². The van der Waals surface area contributed by atoms with Crippen molar-refractivity contribution in [2.75, 3.05) is 27.4 Å². The highest BCUT2D eigenvalue weighted by Crippen LogP contribution is 2.36. The number of amides is 1. The number of carbonyl (C=O) groups excluding carboxylic acids is 2. The maximum atomic E-state index is 12.7. The van der Waals surface area contributed by atoms with E-state index < -0.39 is 11.6 Å². The Morgan fingerprint density at radius 2 is 1.96 bits per heavy atom. The fourth-order valence-electron chi connectivity index (χ4n) is 3.57. The van der Waals surface area contributed by atoms with E-state index in [1.807, 2.05) is 0 Å². The Hall–Kier alpha value is -1.14. The molecule has 0 aromatic heterocycles. The maximum absolute atomic E-state index is 12.7. The first-order valence-electron chi connectivity index (χ1n) is 8.60. The molecule has 2 atom stereocenters. The van der Waals surface area contributed by atoms with Gasteiger partial charge >= 0.3 is 5.97 Å². The van der Waals surface area contributed by atoms with Crippen LogP contribution in [0.15, 0.2) is 0 Å². The number of likely N-dealkylation sites (N-methyl/N-ethyl adjacent to an activating group) is 1. The largest absolute Gasteiger partial charge is 0.467 e. The number of ether oxygens (including phenoxy) is 3. The minimum atomic E-state index is -0.829. The molecule has 23 heavy (non-hydrogen) atoms. The van der Waals surface area contributed by atoms with Gasteiger partial charge in [0.05, 0.1) is 19.8 Å². The summed E-state index contributed by atoms with van der Waals surface area (Å²) in [6.45, 7) is 2.93. The summed E-state index contributed by atoms with van der Waals surface area (Å²) in [5, 5.41) is 0. The third-order valence-corrected chi connectivity index (χ3v) is 5.12. The molecule has 132 valence electrons. The minimum Gasteiger partial charge on any atom is -0.467 e. The van der Waals surface area contributed by atoms with Gasteiger partial charge in [0.1, 0.15) is 11.6 Å². The van der Waals surface area contributed by atoms with Gasteiger partial charge in [0, 0.05) is 13.7 Å². The van der Waals surface area contributed by atoms with E-state index in [1.165, 1.54) is 12.0 Å². The van der Waals surface area contributed by atoms with Crippen LogP contribution in [0.2, 0.25) is 0 Å². The molecule has 1 saturated heterocycles. The summed E-state index contributed by atoms with van der Waals surface area (Å²) in [5.74, 6) is -0.498. The highest BCUT2D eigenvalue weighted by Gasteiger charge is 2.48. The molecular formula is C17H29NO5. The van der Waals surface area contributed by atoms with Gasteiger partial charge in [-0.3, -0.25) is 4.79 Å². The monoisotopic (exact) mass is 327 g/mol. The van der Waals surface area contributed by atoms with Gasteiger partial charge in [0.25, 0.3) is 5.91 Å². The first-order chi connectivity index (χ1) is 11.0. The fraction of sp³-hybridized carbons (Fsp3) is 0.882. The molecule has 6 nitrogen and oxygen atoms in total. The second kappa shape index (κ2) is 8.11. The van der Waals surface area contributed by atoms with E-state index in [1.54, 1.807) is 14.0 Å². The maximum Gasteiger partial charge on any atom is 0.331 e. The smallest absolute Gasteiger partial charge is 0.331 e. The second-order valence-electron chi connectivity index (χ2n) is 6.59. The molecule has 1 saturated carbocycles. The summed E-state index contributed by atoms with van der Waals surface area (Å²) in [6.07, 6.45) is 5.86. The molecule has 0 bridgehead atoms. The van der Waals surface area contributed by atoms with Gasteiger partial charge in [0.15, 0.2) is 0 Å². The van der Waals surface area contributed by atoms with E-state index in [0.29, 0.717) is 19.4 Å². The number of esters is 1. The quantitative estimate of drug-likeness (QED) is 0.697. The number of methoxy groups -OCH3 is 1. The first kappa shape index (κ1) is 18.2. The third-order valence-electron chi connectivity index (χ3n) is 5.12. The summed E-state index contributed by atoms with van der Waals surface area (Å²) >= 11 is 0. The Morgan fingerprint density at radius 3 is 2.52 bits per heavy atom. The van der Waals surface area contributed by atoms with Crippen molar-refractivity contribution >= 4 is 11.9 Å². The van der Waals surface area contributed by atoms with E-state index >= 15 is 0 Å². The lowest BCUT2D eigenvalue weighted by Gasteiger charge is -2.37. The number of nitrogens with zero attached hydrogens (tertiary/aromatic N) is 1. The van der Waals surface area contributed by atoms with E-state index in [2.05, 4.69) is 0 Å². The third kappa shape index (κ3) is 4.04. The zero-order chi connectivity index (χ0) is 16.9. The van der Waals surface area contributed by atoms with E-state index in [-0.39, 0.29) is 18.0 Å². The van der Waals surface area contributed by atoms with E-state index in [9.17, 15) is 9.59 Å². The van der Waals surface area contributed by atoms with Crippen molar-refractivity contribution in [2.45, 2.75) is 69.6 Å². The number of carbonyl (C=O) groups is 2. The van der Waals surface area contributed by atoms with Crippen molar-refractivity contribution in [2.24, 2.45) is 0 Å². The van der Waals surface area contributed by atoms with Crippen LogP contribution in [0.25, 0.3) is 0 Å². The van der Waals surface area contributed by atoms with Crippen LogP contribution in [0.5, 0.6) is 0 Å². The average Bonchev–Trinajstić information content (AvgIpc) is 3.09. The zero-order valence-corrected chi connectivity index (χ0v) is 14.5. The molecule has 1 heterocycles. The molecule has 0 radical (unpaired) electrons. The lowest BCUT2D eigenvalue weighted by atomic mass is 9.95. The van der Waals surface area contributed by atoms with Crippen LogP contribution >= 0.6 is 0 Å². The molecule has 6 heteroatoms. The van der Waals surface area contributed by atoms with Crippen molar-refractivity contribution in [3.05, 3.63) is 0 Å². The molecule has 1 aliphatic carbocycles. The number of hydrogen-bond donors (Lipinski definition) is 0. The predicted molar refractivity (Wildman–Crippen MR) is 85.0 cm³/mol. The summed E-state index contributed by atoms with van der Waals surface area (Å²) in [6, 6.07) is 0. The molecule has 2 aliphatic rings.